The van der Waals surface area contributed by atoms with Crippen molar-refractivity contribution in [3.8, 4) is 0 Å². The highest BCUT2D eigenvalue weighted by atomic mass is 16.5. The fourth-order valence-corrected chi connectivity index (χ4v) is 2.69. The molecule has 0 amide bonds. The van der Waals surface area contributed by atoms with E-state index in [1.807, 2.05) is 14.1 Å². The summed E-state index contributed by atoms with van der Waals surface area (Å²) in [5.74, 6) is 0.782. The quantitative estimate of drug-likeness (QED) is 0.706. The highest BCUT2D eigenvalue weighted by Gasteiger charge is 2.21. The van der Waals surface area contributed by atoms with Crippen LogP contribution in [0.4, 0.5) is 5.69 Å². The predicted octanol–water partition coefficient (Wildman–Crippen LogP) is 1.47. The maximum absolute atomic E-state index is 5.59. The molecule has 1 aromatic rings. The highest BCUT2D eigenvalue weighted by molar-refractivity contribution is 5.48. The van der Waals surface area contributed by atoms with E-state index in [0.717, 1.165) is 25.6 Å². The largest absolute Gasteiger partial charge is 0.375 e. The molecule has 0 radical (unpaired) electrons. The minimum Gasteiger partial charge on any atom is -0.375 e. The van der Waals surface area contributed by atoms with Crippen molar-refractivity contribution in [2.24, 2.45) is 5.92 Å². The number of nitrogens with one attached hydrogen (secondary N) is 2. The van der Waals surface area contributed by atoms with Gasteiger partial charge in [-0.05, 0) is 50.7 Å². The SMILES string of the molecule is CNCCOCc1ccc(N2CCC(CNC)C2)cc1. The van der Waals surface area contributed by atoms with Gasteiger partial charge in [0, 0.05) is 25.3 Å². The lowest BCUT2D eigenvalue weighted by Gasteiger charge is -2.19. The number of hydrogen-bond acceptors (Lipinski definition) is 4. The molecular weight excluding hydrogens is 250 g/mol. The molecule has 2 rings (SSSR count). The van der Waals surface area contributed by atoms with Gasteiger partial charge in [-0.25, -0.2) is 0 Å². The van der Waals surface area contributed by atoms with E-state index in [0.29, 0.717) is 6.61 Å². The van der Waals surface area contributed by atoms with Gasteiger partial charge < -0.3 is 20.3 Å². The van der Waals surface area contributed by atoms with Crippen LogP contribution in [0.5, 0.6) is 0 Å². The average Bonchev–Trinajstić information content (AvgIpc) is 2.93. The fraction of sp³-hybridized carbons (Fsp3) is 0.625. The minimum absolute atomic E-state index is 0.699. The molecule has 1 atom stereocenters. The summed E-state index contributed by atoms with van der Waals surface area (Å²) < 4.78 is 5.59. The van der Waals surface area contributed by atoms with Crippen molar-refractivity contribution in [1.29, 1.82) is 0 Å². The second-order valence-corrected chi connectivity index (χ2v) is 5.48. The first-order valence-electron chi connectivity index (χ1n) is 7.54. The Morgan fingerprint density at radius 1 is 1.20 bits per heavy atom. The predicted molar refractivity (Wildman–Crippen MR) is 84.3 cm³/mol. The first-order chi connectivity index (χ1) is 9.83. The standard InChI is InChI=1S/C16H27N3O/c1-17-8-10-20-13-14-3-5-16(6-4-14)19-9-7-15(12-19)11-18-2/h3-6,15,17-18H,7-13H2,1-2H3. The van der Waals surface area contributed by atoms with Crippen molar-refractivity contribution in [3.05, 3.63) is 29.8 Å². The Kier molecular flexibility index (Phi) is 6.30. The van der Waals surface area contributed by atoms with Gasteiger partial charge in [0.2, 0.25) is 0 Å². The number of ether oxygens (including phenoxy) is 1. The monoisotopic (exact) mass is 277 g/mol. The Labute approximate surface area is 122 Å². The number of benzene rings is 1. The van der Waals surface area contributed by atoms with Gasteiger partial charge >= 0.3 is 0 Å². The van der Waals surface area contributed by atoms with Gasteiger partial charge in [0.15, 0.2) is 0 Å². The third kappa shape index (κ3) is 4.47. The molecule has 0 bridgehead atoms. The first-order valence-corrected chi connectivity index (χ1v) is 7.54. The Bertz CT molecular complexity index is 380. The van der Waals surface area contributed by atoms with Crippen LogP contribution in [0.2, 0.25) is 0 Å². The van der Waals surface area contributed by atoms with Crippen LogP contribution in [0.15, 0.2) is 24.3 Å². The maximum atomic E-state index is 5.59. The van der Waals surface area contributed by atoms with Crippen LogP contribution in [-0.4, -0.2) is 46.9 Å². The topological polar surface area (TPSA) is 36.5 Å². The molecule has 4 heteroatoms. The summed E-state index contributed by atoms with van der Waals surface area (Å²) in [7, 11) is 3.97. The van der Waals surface area contributed by atoms with Crippen LogP contribution in [0.3, 0.4) is 0 Å². The van der Waals surface area contributed by atoms with Gasteiger partial charge in [0.25, 0.3) is 0 Å². The van der Waals surface area contributed by atoms with E-state index >= 15 is 0 Å². The van der Waals surface area contributed by atoms with Gasteiger partial charge in [0.1, 0.15) is 0 Å². The second kappa shape index (κ2) is 8.25. The van der Waals surface area contributed by atoms with Crippen LogP contribution in [-0.2, 0) is 11.3 Å². The van der Waals surface area contributed by atoms with Crippen molar-refractivity contribution >= 4 is 5.69 Å². The number of likely N-dealkylation sites (N-methyl/N-ethyl adjacent to an activating group) is 1. The van der Waals surface area contributed by atoms with Crippen LogP contribution in [0.25, 0.3) is 0 Å². The van der Waals surface area contributed by atoms with Crippen LogP contribution >= 0.6 is 0 Å². The van der Waals surface area contributed by atoms with E-state index in [1.165, 1.54) is 30.8 Å². The van der Waals surface area contributed by atoms with Crippen molar-refractivity contribution in [3.63, 3.8) is 0 Å². The molecule has 1 aromatic carbocycles. The number of hydrogen-bond donors (Lipinski definition) is 2. The molecule has 0 spiro atoms. The normalized spacial score (nSPS) is 18.7. The molecule has 1 aliphatic heterocycles. The fourth-order valence-electron chi connectivity index (χ4n) is 2.69. The van der Waals surface area contributed by atoms with Crippen LogP contribution < -0.4 is 15.5 Å². The molecule has 1 fully saturated rings. The molecule has 0 aliphatic carbocycles. The molecule has 112 valence electrons. The lowest BCUT2D eigenvalue weighted by Crippen LogP contribution is -2.24. The molecule has 2 N–H and O–H groups in total. The molecule has 0 saturated carbocycles. The molecular formula is C16H27N3O. The highest BCUT2D eigenvalue weighted by Crippen LogP contribution is 2.23. The minimum atomic E-state index is 0.699. The summed E-state index contributed by atoms with van der Waals surface area (Å²) in [6, 6.07) is 8.80. The Balaban J connectivity index is 1.79. The molecule has 0 aromatic heterocycles. The van der Waals surface area contributed by atoms with E-state index in [2.05, 4.69) is 39.8 Å². The summed E-state index contributed by atoms with van der Waals surface area (Å²) >= 11 is 0. The van der Waals surface area contributed by atoms with Crippen molar-refractivity contribution in [2.75, 3.05) is 51.8 Å². The first kappa shape index (κ1) is 15.3. The number of nitrogens with zero attached hydrogens (tertiary/aromatic N) is 1. The molecule has 1 aliphatic rings. The van der Waals surface area contributed by atoms with Gasteiger partial charge in [-0.2, -0.15) is 0 Å². The van der Waals surface area contributed by atoms with Crippen molar-refractivity contribution in [1.82, 2.24) is 10.6 Å². The lowest BCUT2D eigenvalue weighted by molar-refractivity contribution is 0.124. The third-order valence-electron chi connectivity index (χ3n) is 3.85. The second-order valence-electron chi connectivity index (χ2n) is 5.48. The van der Waals surface area contributed by atoms with E-state index in [1.54, 1.807) is 0 Å². The maximum Gasteiger partial charge on any atom is 0.0717 e. The Morgan fingerprint density at radius 2 is 2.00 bits per heavy atom. The van der Waals surface area contributed by atoms with Gasteiger partial charge in [-0.3, -0.25) is 0 Å². The molecule has 1 heterocycles. The summed E-state index contributed by atoms with van der Waals surface area (Å²) in [6.45, 7) is 5.82. The molecule has 1 unspecified atom stereocenters. The Hall–Kier alpha value is -1.10. The van der Waals surface area contributed by atoms with E-state index in [4.69, 9.17) is 4.74 Å². The van der Waals surface area contributed by atoms with E-state index < -0.39 is 0 Å². The van der Waals surface area contributed by atoms with Gasteiger partial charge in [0.05, 0.1) is 13.2 Å². The van der Waals surface area contributed by atoms with Gasteiger partial charge in [-0.1, -0.05) is 12.1 Å². The van der Waals surface area contributed by atoms with Crippen LogP contribution in [0.1, 0.15) is 12.0 Å². The zero-order valence-corrected chi connectivity index (χ0v) is 12.7. The Morgan fingerprint density at radius 3 is 2.70 bits per heavy atom. The molecule has 1 saturated heterocycles. The van der Waals surface area contributed by atoms with Crippen molar-refractivity contribution < 1.29 is 4.74 Å². The number of rotatable bonds is 8. The molecule has 20 heavy (non-hydrogen) atoms. The van der Waals surface area contributed by atoms with E-state index in [-0.39, 0.29) is 0 Å². The number of anilines is 1. The summed E-state index contributed by atoms with van der Waals surface area (Å²) in [6.07, 6.45) is 1.29. The average molecular weight is 277 g/mol. The zero-order valence-electron chi connectivity index (χ0n) is 12.7. The van der Waals surface area contributed by atoms with Crippen molar-refractivity contribution in [2.45, 2.75) is 13.0 Å². The smallest absolute Gasteiger partial charge is 0.0717 e. The zero-order chi connectivity index (χ0) is 14.2. The summed E-state index contributed by atoms with van der Waals surface area (Å²) in [5.41, 5.74) is 2.58. The third-order valence-corrected chi connectivity index (χ3v) is 3.85. The molecule has 4 nitrogen and oxygen atoms in total. The van der Waals surface area contributed by atoms with Gasteiger partial charge in [-0.15, -0.1) is 0 Å². The van der Waals surface area contributed by atoms with Crippen LogP contribution in [0, 0.1) is 5.92 Å². The van der Waals surface area contributed by atoms with E-state index in [9.17, 15) is 0 Å². The summed E-state index contributed by atoms with van der Waals surface area (Å²) in [5, 5.41) is 6.35. The lowest BCUT2D eigenvalue weighted by atomic mass is 10.1. The summed E-state index contributed by atoms with van der Waals surface area (Å²) in [4.78, 5) is 2.48.